The van der Waals surface area contributed by atoms with Crippen LogP contribution in [-0.2, 0) is 16.0 Å². The topological polar surface area (TPSA) is 67.4 Å². The molecule has 29 heavy (non-hydrogen) atoms. The molecule has 3 rings (SSSR count). The minimum Gasteiger partial charge on any atom is -0.383 e. The molecule has 0 bridgehead atoms. The van der Waals surface area contributed by atoms with Gasteiger partial charge in [0.25, 0.3) is 5.91 Å². The van der Waals surface area contributed by atoms with E-state index in [1.165, 1.54) is 22.9 Å². The van der Waals surface area contributed by atoms with Crippen LogP contribution in [0.1, 0.15) is 40.2 Å². The van der Waals surface area contributed by atoms with Gasteiger partial charge in [0, 0.05) is 31.0 Å². The van der Waals surface area contributed by atoms with E-state index in [1.807, 2.05) is 24.3 Å². The first-order chi connectivity index (χ1) is 14.2. The van der Waals surface area contributed by atoms with Crippen LogP contribution in [0, 0.1) is 0 Å². The zero-order valence-electron chi connectivity index (χ0n) is 16.8. The molecule has 154 valence electrons. The molecule has 0 aliphatic heterocycles. The molecule has 2 amide bonds. The Bertz CT molecular complexity index is 840. The summed E-state index contributed by atoms with van der Waals surface area (Å²) in [7, 11) is 1.60. The van der Waals surface area contributed by atoms with E-state index in [0.717, 1.165) is 24.2 Å². The zero-order valence-corrected chi connectivity index (χ0v) is 17.6. The Labute approximate surface area is 176 Å². The van der Waals surface area contributed by atoms with E-state index in [1.54, 1.807) is 7.11 Å². The Morgan fingerprint density at radius 2 is 1.90 bits per heavy atom. The van der Waals surface area contributed by atoms with Gasteiger partial charge in [-0.05, 0) is 42.5 Å². The summed E-state index contributed by atoms with van der Waals surface area (Å²) in [4.78, 5) is 25.6. The van der Waals surface area contributed by atoms with Gasteiger partial charge >= 0.3 is 0 Å². The molecule has 0 heterocycles. The van der Waals surface area contributed by atoms with Gasteiger partial charge in [-0.2, -0.15) is 0 Å². The van der Waals surface area contributed by atoms with Gasteiger partial charge in [0.2, 0.25) is 5.91 Å². The molecular formula is C23H28N2O3S. The molecule has 0 aromatic heterocycles. The summed E-state index contributed by atoms with van der Waals surface area (Å²) in [5.41, 5.74) is 3.37. The van der Waals surface area contributed by atoms with Crippen LogP contribution in [0.5, 0.6) is 0 Å². The maximum absolute atomic E-state index is 12.8. The van der Waals surface area contributed by atoms with Gasteiger partial charge in [-0.25, -0.2) is 0 Å². The smallest absolute Gasteiger partial charge is 0.252 e. The zero-order chi connectivity index (χ0) is 20.5. The molecule has 1 atom stereocenters. The second kappa shape index (κ2) is 11.0. The van der Waals surface area contributed by atoms with Crippen LogP contribution in [0.3, 0.4) is 0 Å². The van der Waals surface area contributed by atoms with Crippen molar-refractivity contribution >= 4 is 23.6 Å². The Morgan fingerprint density at radius 1 is 1.10 bits per heavy atom. The highest BCUT2D eigenvalue weighted by Gasteiger charge is 2.21. The maximum Gasteiger partial charge on any atom is 0.252 e. The fourth-order valence-electron chi connectivity index (χ4n) is 3.64. The SMILES string of the molecule is COCCNC(=O)CSc1ccccc1C(=O)NCC1CCCc2ccccc21. The van der Waals surface area contributed by atoms with Crippen molar-refractivity contribution in [3.8, 4) is 0 Å². The van der Waals surface area contributed by atoms with Crippen LogP contribution in [0.15, 0.2) is 53.4 Å². The molecule has 1 aliphatic rings. The summed E-state index contributed by atoms with van der Waals surface area (Å²) in [6.07, 6.45) is 3.37. The normalized spacial score (nSPS) is 15.4. The molecular weight excluding hydrogens is 384 g/mol. The molecule has 2 aromatic rings. The number of aryl methyl sites for hydroxylation is 1. The van der Waals surface area contributed by atoms with Crippen molar-refractivity contribution in [3.05, 3.63) is 65.2 Å². The Kier molecular flexibility index (Phi) is 8.14. The fourth-order valence-corrected chi connectivity index (χ4v) is 4.52. The lowest BCUT2D eigenvalue weighted by Crippen LogP contribution is -2.30. The summed E-state index contributed by atoms with van der Waals surface area (Å²) in [6.45, 7) is 1.60. The number of hydrogen-bond donors (Lipinski definition) is 2. The second-order valence-electron chi connectivity index (χ2n) is 7.13. The summed E-state index contributed by atoms with van der Waals surface area (Å²) in [6, 6.07) is 16.0. The van der Waals surface area contributed by atoms with Gasteiger partial charge in [0.05, 0.1) is 17.9 Å². The predicted octanol–water partition coefficient (Wildman–Crippen LogP) is 3.39. The quantitative estimate of drug-likeness (QED) is 0.489. The monoisotopic (exact) mass is 412 g/mol. The summed E-state index contributed by atoms with van der Waals surface area (Å²) in [5.74, 6) is 0.469. The lowest BCUT2D eigenvalue weighted by Gasteiger charge is -2.25. The molecule has 0 fully saturated rings. The van der Waals surface area contributed by atoms with Crippen LogP contribution < -0.4 is 10.6 Å². The van der Waals surface area contributed by atoms with E-state index in [2.05, 4.69) is 34.9 Å². The number of nitrogens with one attached hydrogen (secondary N) is 2. The van der Waals surface area contributed by atoms with Crippen LogP contribution in [-0.4, -0.2) is 44.4 Å². The average molecular weight is 413 g/mol. The molecule has 5 nitrogen and oxygen atoms in total. The van der Waals surface area contributed by atoms with E-state index in [0.29, 0.717) is 31.2 Å². The van der Waals surface area contributed by atoms with Gasteiger partial charge in [-0.3, -0.25) is 9.59 Å². The highest BCUT2D eigenvalue weighted by Crippen LogP contribution is 2.31. The van der Waals surface area contributed by atoms with Gasteiger partial charge in [0.1, 0.15) is 0 Å². The number of fused-ring (bicyclic) bond motifs is 1. The lowest BCUT2D eigenvalue weighted by molar-refractivity contribution is -0.118. The van der Waals surface area contributed by atoms with Crippen molar-refractivity contribution in [2.75, 3.05) is 32.6 Å². The molecule has 6 heteroatoms. The van der Waals surface area contributed by atoms with Crippen molar-refractivity contribution in [3.63, 3.8) is 0 Å². The first-order valence-electron chi connectivity index (χ1n) is 10.0. The standard InChI is InChI=1S/C23H28N2O3S/c1-28-14-13-24-22(26)16-29-21-12-5-4-11-20(21)23(27)25-15-18-9-6-8-17-7-2-3-10-19(17)18/h2-5,7,10-12,18H,6,8-9,13-16H2,1H3,(H,24,26)(H,25,27). The number of thioether (sulfide) groups is 1. The van der Waals surface area contributed by atoms with Crippen molar-refractivity contribution in [2.24, 2.45) is 0 Å². The summed E-state index contributed by atoms with van der Waals surface area (Å²) < 4.78 is 4.93. The van der Waals surface area contributed by atoms with Crippen LogP contribution in [0.25, 0.3) is 0 Å². The van der Waals surface area contributed by atoms with Crippen LogP contribution >= 0.6 is 11.8 Å². The van der Waals surface area contributed by atoms with Gasteiger partial charge < -0.3 is 15.4 Å². The summed E-state index contributed by atoms with van der Waals surface area (Å²) >= 11 is 1.38. The largest absolute Gasteiger partial charge is 0.383 e. The fraction of sp³-hybridized carbons (Fsp3) is 0.391. The van der Waals surface area contributed by atoms with E-state index < -0.39 is 0 Å². The lowest BCUT2D eigenvalue weighted by atomic mass is 9.83. The molecule has 1 unspecified atom stereocenters. The molecule has 0 saturated heterocycles. The van der Waals surface area contributed by atoms with E-state index in [4.69, 9.17) is 4.74 Å². The minimum atomic E-state index is -0.0871. The summed E-state index contributed by atoms with van der Waals surface area (Å²) in [5, 5.41) is 5.90. The molecule has 0 saturated carbocycles. The van der Waals surface area contributed by atoms with Gasteiger partial charge in [0.15, 0.2) is 0 Å². The van der Waals surface area contributed by atoms with E-state index in [9.17, 15) is 9.59 Å². The molecule has 0 spiro atoms. The number of benzene rings is 2. The number of ether oxygens (including phenoxy) is 1. The Balaban J connectivity index is 1.57. The molecule has 0 radical (unpaired) electrons. The first kappa shape index (κ1) is 21.4. The highest BCUT2D eigenvalue weighted by atomic mass is 32.2. The Hall–Kier alpha value is -2.31. The van der Waals surface area contributed by atoms with Crippen molar-refractivity contribution < 1.29 is 14.3 Å². The Morgan fingerprint density at radius 3 is 2.76 bits per heavy atom. The molecule has 1 aliphatic carbocycles. The second-order valence-corrected chi connectivity index (χ2v) is 8.14. The van der Waals surface area contributed by atoms with E-state index in [-0.39, 0.29) is 17.6 Å². The van der Waals surface area contributed by atoms with Crippen molar-refractivity contribution in [1.82, 2.24) is 10.6 Å². The van der Waals surface area contributed by atoms with Crippen LogP contribution in [0.2, 0.25) is 0 Å². The number of hydrogen-bond acceptors (Lipinski definition) is 4. The third-order valence-corrected chi connectivity index (χ3v) is 6.19. The van der Waals surface area contributed by atoms with Crippen molar-refractivity contribution in [2.45, 2.75) is 30.1 Å². The van der Waals surface area contributed by atoms with Crippen LogP contribution in [0.4, 0.5) is 0 Å². The predicted molar refractivity (Wildman–Crippen MR) is 117 cm³/mol. The molecule has 2 N–H and O–H groups in total. The number of rotatable bonds is 9. The average Bonchev–Trinajstić information content (AvgIpc) is 2.76. The number of methoxy groups -OCH3 is 1. The van der Waals surface area contributed by atoms with Gasteiger partial charge in [-0.15, -0.1) is 11.8 Å². The van der Waals surface area contributed by atoms with E-state index >= 15 is 0 Å². The number of carbonyl (C=O) groups excluding carboxylic acids is 2. The molecule has 2 aromatic carbocycles. The third kappa shape index (κ3) is 6.08. The number of amides is 2. The highest BCUT2D eigenvalue weighted by molar-refractivity contribution is 8.00. The first-order valence-corrected chi connectivity index (χ1v) is 11.0. The third-order valence-electron chi connectivity index (χ3n) is 5.12. The minimum absolute atomic E-state index is 0.0685. The number of carbonyl (C=O) groups is 2. The van der Waals surface area contributed by atoms with Crippen molar-refractivity contribution in [1.29, 1.82) is 0 Å². The maximum atomic E-state index is 12.8. The van der Waals surface area contributed by atoms with Gasteiger partial charge in [-0.1, -0.05) is 36.4 Å².